The largest absolute Gasteiger partial charge is 0.495 e. The summed E-state index contributed by atoms with van der Waals surface area (Å²) in [5, 5.41) is 0.856. The Balaban J connectivity index is 1.50. The molecule has 0 unspecified atom stereocenters. The molecule has 0 atom stereocenters. The van der Waals surface area contributed by atoms with Gasteiger partial charge in [0.2, 0.25) is 0 Å². The Morgan fingerprint density at radius 3 is 2.52 bits per heavy atom. The van der Waals surface area contributed by atoms with Gasteiger partial charge in [0.05, 0.1) is 18.5 Å². The second kappa shape index (κ2) is 8.69. The number of aromatic nitrogens is 2. The molecule has 3 heterocycles. The summed E-state index contributed by atoms with van der Waals surface area (Å²) < 4.78 is 7.46. The maximum Gasteiger partial charge on any atom is 0.266 e. The summed E-state index contributed by atoms with van der Waals surface area (Å²) in [7, 11) is 1.69. The number of hydrogen-bond donors (Lipinski definition) is 0. The Kier molecular flexibility index (Phi) is 5.85. The third-order valence-electron chi connectivity index (χ3n) is 5.19. The fraction of sp³-hybridized carbons (Fsp3) is 0.364. The van der Waals surface area contributed by atoms with Crippen molar-refractivity contribution in [3.8, 4) is 10.9 Å². The lowest BCUT2D eigenvalue weighted by molar-refractivity contribution is 0.0750. The number of para-hydroxylation sites is 2. The van der Waals surface area contributed by atoms with E-state index in [0.29, 0.717) is 13.1 Å². The van der Waals surface area contributed by atoms with Crippen molar-refractivity contribution < 1.29 is 9.53 Å². The van der Waals surface area contributed by atoms with Crippen molar-refractivity contribution in [2.24, 2.45) is 0 Å². The Morgan fingerprint density at radius 2 is 1.83 bits per heavy atom. The fourth-order valence-electron chi connectivity index (χ4n) is 3.67. The van der Waals surface area contributed by atoms with Gasteiger partial charge in [0.15, 0.2) is 5.13 Å². The highest BCUT2D eigenvalue weighted by atomic mass is 32.1. The first-order valence-corrected chi connectivity index (χ1v) is 10.8. The van der Waals surface area contributed by atoms with E-state index in [4.69, 9.17) is 9.72 Å². The molecule has 0 radical (unpaired) electrons. The molecule has 152 valence electrons. The van der Waals surface area contributed by atoms with Crippen LogP contribution in [0.1, 0.15) is 28.7 Å². The van der Waals surface area contributed by atoms with E-state index in [0.717, 1.165) is 53.1 Å². The lowest BCUT2D eigenvalue weighted by Gasteiger charge is -2.36. The van der Waals surface area contributed by atoms with Crippen molar-refractivity contribution in [3.05, 3.63) is 59.4 Å². The van der Waals surface area contributed by atoms with Gasteiger partial charge < -0.3 is 19.1 Å². The van der Waals surface area contributed by atoms with E-state index in [2.05, 4.69) is 17.9 Å². The van der Waals surface area contributed by atoms with Gasteiger partial charge in [-0.1, -0.05) is 36.8 Å². The summed E-state index contributed by atoms with van der Waals surface area (Å²) in [5.41, 5.74) is 2.00. The molecule has 29 heavy (non-hydrogen) atoms. The number of benzene rings is 1. The highest BCUT2D eigenvalue weighted by Crippen LogP contribution is 2.29. The number of amides is 1. The van der Waals surface area contributed by atoms with Crippen molar-refractivity contribution in [3.63, 3.8) is 0 Å². The van der Waals surface area contributed by atoms with E-state index < -0.39 is 0 Å². The normalized spacial score (nSPS) is 14.3. The molecule has 2 aromatic heterocycles. The first-order chi connectivity index (χ1) is 14.2. The van der Waals surface area contributed by atoms with Crippen LogP contribution in [-0.4, -0.2) is 53.6 Å². The van der Waals surface area contributed by atoms with Gasteiger partial charge in [0, 0.05) is 38.6 Å². The first-order valence-electron chi connectivity index (χ1n) is 10.0. The number of thiazole rings is 1. The van der Waals surface area contributed by atoms with Crippen molar-refractivity contribution in [1.82, 2.24) is 14.5 Å². The Bertz CT molecular complexity index is 959. The fourth-order valence-corrected chi connectivity index (χ4v) is 4.72. The molecule has 0 saturated carbocycles. The van der Waals surface area contributed by atoms with Crippen LogP contribution in [0.2, 0.25) is 0 Å². The minimum Gasteiger partial charge on any atom is -0.495 e. The summed E-state index contributed by atoms with van der Waals surface area (Å²) in [6.45, 7) is 5.09. The molecule has 0 N–H and O–H groups in total. The molecule has 0 spiro atoms. The third kappa shape index (κ3) is 4.00. The molecule has 0 aliphatic carbocycles. The predicted molar refractivity (Wildman–Crippen MR) is 117 cm³/mol. The number of piperazine rings is 1. The van der Waals surface area contributed by atoms with E-state index in [9.17, 15) is 4.79 Å². The van der Waals surface area contributed by atoms with Crippen LogP contribution in [0.4, 0.5) is 5.69 Å². The zero-order valence-corrected chi connectivity index (χ0v) is 17.7. The Hall–Kier alpha value is -2.80. The number of nitrogens with zero attached hydrogens (tertiary/aromatic N) is 4. The molecule has 4 rings (SSSR count). The van der Waals surface area contributed by atoms with E-state index >= 15 is 0 Å². The molecule has 7 heteroatoms. The molecule has 1 saturated heterocycles. The summed E-state index contributed by atoms with van der Waals surface area (Å²) in [5.74, 6) is 0.973. The van der Waals surface area contributed by atoms with Crippen LogP contribution in [0.25, 0.3) is 5.13 Å². The maximum atomic E-state index is 13.3. The van der Waals surface area contributed by atoms with Crippen LogP contribution < -0.4 is 9.64 Å². The summed E-state index contributed by atoms with van der Waals surface area (Å²) in [6.07, 6.45) is 5.72. The van der Waals surface area contributed by atoms with Crippen molar-refractivity contribution in [2.75, 3.05) is 38.2 Å². The van der Waals surface area contributed by atoms with Crippen LogP contribution in [-0.2, 0) is 6.42 Å². The number of hydrogen-bond acceptors (Lipinski definition) is 5. The zero-order valence-electron chi connectivity index (χ0n) is 16.9. The molecule has 6 nitrogen and oxygen atoms in total. The van der Waals surface area contributed by atoms with Gasteiger partial charge in [-0.15, -0.1) is 0 Å². The second-order valence-corrected chi connectivity index (χ2v) is 8.04. The van der Waals surface area contributed by atoms with Crippen LogP contribution in [0.5, 0.6) is 5.75 Å². The highest BCUT2D eigenvalue weighted by Gasteiger charge is 2.27. The van der Waals surface area contributed by atoms with E-state index in [1.54, 1.807) is 7.11 Å². The number of methoxy groups -OCH3 is 1. The molecule has 0 bridgehead atoms. The lowest BCUT2D eigenvalue weighted by Crippen LogP contribution is -2.48. The number of aryl methyl sites for hydroxylation is 1. The molecule has 3 aromatic rings. The van der Waals surface area contributed by atoms with Crippen molar-refractivity contribution in [2.45, 2.75) is 19.8 Å². The van der Waals surface area contributed by atoms with Crippen LogP contribution >= 0.6 is 11.3 Å². The molecule has 1 fully saturated rings. The lowest BCUT2D eigenvalue weighted by atomic mass is 10.2. The summed E-state index contributed by atoms with van der Waals surface area (Å²) in [4.78, 5) is 23.1. The van der Waals surface area contributed by atoms with E-state index in [-0.39, 0.29) is 5.91 Å². The van der Waals surface area contributed by atoms with Gasteiger partial charge in [0.25, 0.3) is 5.91 Å². The average Bonchev–Trinajstić information content (AvgIpc) is 3.44. The molecular formula is C22H26N4O2S. The topological polar surface area (TPSA) is 50.6 Å². The second-order valence-electron chi connectivity index (χ2n) is 7.06. The summed E-state index contributed by atoms with van der Waals surface area (Å²) >= 11 is 1.49. The van der Waals surface area contributed by atoms with Crippen LogP contribution in [0, 0.1) is 0 Å². The SMILES string of the molecule is CCCc1nc(-n2cccc2)sc1C(=O)N1CCN(c2ccccc2OC)CC1. The number of rotatable bonds is 6. The van der Waals surface area contributed by atoms with Gasteiger partial charge in [-0.2, -0.15) is 0 Å². The standard InChI is InChI=1S/C22H26N4O2S/c1-3-8-17-20(29-22(23-17)26-11-6-7-12-26)21(27)25-15-13-24(14-16-25)18-9-4-5-10-19(18)28-2/h4-7,9-12H,3,8,13-16H2,1-2H3. The molecule has 1 aromatic carbocycles. The van der Waals surface area contributed by atoms with Crippen molar-refractivity contribution >= 4 is 22.9 Å². The first kappa shape index (κ1) is 19.5. The quantitative estimate of drug-likeness (QED) is 0.619. The smallest absolute Gasteiger partial charge is 0.266 e. The van der Waals surface area contributed by atoms with Gasteiger partial charge in [-0.05, 0) is 30.7 Å². The number of carbonyl (C=O) groups excluding carboxylic acids is 1. The van der Waals surface area contributed by atoms with Crippen molar-refractivity contribution in [1.29, 1.82) is 0 Å². The monoisotopic (exact) mass is 410 g/mol. The van der Waals surface area contributed by atoms with Gasteiger partial charge in [-0.3, -0.25) is 4.79 Å². The number of ether oxygens (including phenoxy) is 1. The maximum absolute atomic E-state index is 13.3. The number of anilines is 1. The highest BCUT2D eigenvalue weighted by molar-refractivity contribution is 7.16. The summed E-state index contributed by atoms with van der Waals surface area (Å²) in [6, 6.07) is 12.0. The van der Waals surface area contributed by atoms with Gasteiger partial charge in [-0.25, -0.2) is 4.98 Å². The molecular weight excluding hydrogens is 384 g/mol. The predicted octanol–water partition coefficient (Wildman–Crippen LogP) is 3.86. The van der Waals surface area contributed by atoms with Crippen LogP contribution in [0.15, 0.2) is 48.8 Å². The van der Waals surface area contributed by atoms with E-state index in [1.807, 2.05) is 52.2 Å². The van der Waals surface area contributed by atoms with Gasteiger partial charge in [0.1, 0.15) is 10.6 Å². The zero-order chi connectivity index (χ0) is 20.2. The Morgan fingerprint density at radius 1 is 1.10 bits per heavy atom. The average molecular weight is 411 g/mol. The van der Waals surface area contributed by atoms with Gasteiger partial charge >= 0.3 is 0 Å². The minimum atomic E-state index is 0.101. The molecule has 1 amide bonds. The number of carbonyl (C=O) groups is 1. The van der Waals surface area contributed by atoms with Crippen LogP contribution in [0.3, 0.4) is 0 Å². The molecule has 1 aliphatic rings. The molecule has 1 aliphatic heterocycles. The van der Waals surface area contributed by atoms with E-state index in [1.165, 1.54) is 11.3 Å². The third-order valence-corrected chi connectivity index (χ3v) is 6.28. The Labute approximate surface area is 175 Å². The minimum absolute atomic E-state index is 0.101.